The number of hydrogen-bond donors (Lipinski definition) is 2. The topological polar surface area (TPSA) is 74.6 Å². The second-order valence-electron chi connectivity index (χ2n) is 4.27. The van der Waals surface area contributed by atoms with Gasteiger partial charge in [0.15, 0.2) is 0 Å². The molecule has 0 amide bonds. The summed E-state index contributed by atoms with van der Waals surface area (Å²) in [6.45, 7) is 3.87. The van der Waals surface area contributed by atoms with E-state index in [-0.39, 0.29) is 12.8 Å². The molecule has 1 unspecified atom stereocenters. The fourth-order valence-electron chi connectivity index (χ4n) is 1.80. The molecule has 4 heteroatoms. The molecular formula is C13H16O4. The van der Waals surface area contributed by atoms with Gasteiger partial charge in [0.2, 0.25) is 0 Å². The number of carboxylic acid groups (broad SMARTS) is 2. The number of hydrogen-bond acceptors (Lipinski definition) is 2. The van der Waals surface area contributed by atoms with E-state index >= 15 is 0 Å². The van der Waals surface area contributed by atoms with Gasteiger partial charge in [-0.25, -0.2) is 0 Å². The number of aryl methyl sites for hydroxylation is 2. The van der Waals surface area contributed by atoms with Gasteiger partial charge >= 0.3 is 11.9 Å². The third kappa shape index (κ3) is 3.90. The van der Waals surface area contributed by atoms with Crippen molar-refractivity contribution in [1.82, 2.24) is 0 Å². The Labute approximate surface area is 99.9 Å². The van der Waals surface area contributed by atoms with Crippen molar-refractivity contribution in [3.05, 3.63) is 34.9 Å². The van der Waals surface area contributed by atoms with Crippen molar-refractivity contribution in [2.75, 3.05) is 0 Å². The van der Waals surface area contributed by atoms with Crippen molar-refractivity contribution in [3.8, 4) is 0 Å². The normalized spacial score (nSPS) is 12.1. The minimum absolute atomic E-state index is 0.258. The summed E-state index contributed by atoms with van der Waals surface area (Å²) in [5.74, 6) is -3.01. The molecule has 0 bridgehead atoms. The molecule has 4 nitrogen and oxygen atoms in total. The average Bonchev–Trinajstić information content (AvgIpc) is 2.19. The number of carboxylic acids is 2. The molecule has 1 rings (SSSR count). The molecule has 0 saturated carbocycles. The van der Waals surface area contributed by atoms with Crippen molar-refractivity contribution in [3.63, 3.8) is 0 Å². The SMILES string of the molecule is Cc1ccc(CC(CC(=O)O)C(=O)O)c(C)c1. The van der Waals surface area contributed by atoms with Gasteiger partial charge in [0.25, 0.3) is 0 Å². The molecule has 17 heavy (non-hydrogen) atoms. The van der Waals surface area contributed by atoms with E-state index in [2.05, 4.69) is 0 Å². The summed E-state index contributed by atoms with van der Waals surface area (Å²) < 4.78 is 0. The lowest BCUT2D eigenvalue weighted by Gasteiger charge is -2.12. The highest BCUT2D eigenvalue weighted by Gasteiger charge is 2.21. The fraction of sp³-hybridized carbons (Fsp3) is 0.385. The molecule has 1 aromatic carbocycles. The Kier molecular flexibility index (Phi) is 4.26. The van der Waals surface area contributed by atoms with Crippen LogP contribution in [0.3, 0.4) is 0 Å². The van der Waals surface area contributed by atoms with E-state index < -0.39 is 17.9 Å². The lowest BCUT2D eigenvalue weighted by molar-refractivity contribution is -0.148. The van der Waals surface area contributed by atoms with Crippen LogP contribution in [0.25, 0.3) is 0 Å². The van der Waals surface area contributed by atoms with E-state index in [0.717, 1.165) is 16.7 Å². The van der Waals surface area contributed by atoms with Crippen LogP contribution in [0, 0.1) is 19.8 Å². The zero-order valence-corrected chi connectivity index (χ0v) is 9.93. The van der Waals surface area contributed by atoms with E-state index in [1.807, 2.05) is 32.0 Å². The Morgan fingerprint density at radius 2 is 1.88 bits per heavy atom. The maximum absolute atomic E-state index is 11.0. The first-order valence-corrected chi connectivity index (χ1v) is 5.41. The first kappa shape index (κ1) is 13.2. The van der Waals surface area contributed by atoms with Crippen LogP contribution >= 0.6 is 0 Å². The highest BCUT2D eigenvalue weighted by atomic mass is 16.4. The summed E-state index contributed by atoms with van der Waals surface area (Å²) in [7, 11) is 0. The van der Waals surface area contributed by atoms with Crippen LogP contribution in [-0.4, -0.2) is 22.2 Å². The highest BCUT2D eigenvalue weighted by molar-refractivity contribution is 5.78. The molecule has 92 valence electrons. The Morgan fingerprint density at radius 1 is 1.24 bits per heavy atom. The molecule has 0 heterocycles. The van der Waals surface area contributed by atoms with Crippen LogP contribution in [0.4, 0.5) is 0 Å². The zero-order chi connectivity index (χ0) is 13.0. The van der Waals surface area contributed by atoms with Gasteiger partial charge in [-0.2, -0.15) is 0 Å². The Morgan fingerprint density at radius 3 is 2.35 bits per heavy atom. The van der Waals surface area contributed by atoms with Crippen molar-refractivity contribution in [2.24, 2.45) is 5.92 Å². The lowest BCUT2D eigenvalue weighted by Crippen LogP contribution is -2.20. The molecule has 0 fully saturated rings. The van der Waals surface area contributed by atoms with Gasteiger partial charge in [0, 0.05) is 0 Å². The molecule has 0 spiro atoms. The van der Waals surface area contributed by atoms with Crippen LogP contribution in [-0.2, 0) is 16.0 Å². The highest BCUT2D eigenvalue weighted by Crippen LogP contribution is 2.17. The van der Waals surface area contributed by atoms with Crippen molar-refractivity contribution >= 4 is 11.9 Å². The monoisotopic (exact) mass is 236 g/mol. The summed E-state index contributed by atoms with van der Waals surface area (Å²) in [6.07, 6.45) is -0.0869. The standard InChI is InChI=1S/C13H16O4/c1-8-3-4-10(9(2)5-8)6-11(13(16)17)7-12(14)15/h3-5,11H,6-7H2,1-2H3,(H,14,15)(H,16,17). The summed E-state index contributed by atoms with van der Waals surface area (Å²) in [6, 6.07) is 5.74. The van der Waals surface area contributed by atoms with E-state index in [9.17, 15) is 9.59 Å². The van der Waals surface area contributed by atoms with E-state index in [1.54, 1.807) is 0 Å². The summed E-state index contributed by atoms with van der Waals surface area (Å²) in [5.41, 5.74) is 3.00. The largest absolute Gasteiger partial charge is 0.481 e. The van der Waals surface area contributed by atoms with Crippen molar-refractivity contribution in [2.45, 2.75) is 26.7 Å². The molecular weight excluding hydrogens is 220 g/mol. The molecule has 0 aliphatic rings. The minimum Gasteiger partial charge on any atom is -0.481 e. The second kappa shape index (κ2) is 5.48. The quantitative estimate of drug-likeness (QED) is 0.820. The maximum Gasteiger partial charge on any atom is 0.307 e. The second-order valence-corrected chi connectivity index (χ2v) is 4.27. The van der Waals surface area contributed by atoms with E-state index in [4.69, 9.17) is 10.2 Å². The van der Waals surface area contributed by atoms with E-state index in [0.29, 0.717) is 0 Å². The molecule has 0 aliphatic carbocycles. The maximum atomic E-state index is 11.0. The zero-order valence-electron chi connectivity index (χ0n) is 9.93. The molecule has 1 aromatic rings. The van der Waals surface area contributed by atoms with Gasteiger partial charge in [-0.15, -0.1) is 0 Å². The first-order valence-electron chi connectivity index (χ1n) is 5.41. The number of benzene rings is 1. The third-order valence-electron chi connectivity index (χ3n) is 2.73. The number of carbonyl (C=O) groups is 2. The van der Waals surface area contributed by atoms with Gasteiger partial charge in [0.05, 0.1) is 12.3 Å². The molecule has 0 saturated heterocycles. The molecule has 0 radical (unpaired) electrons. The third-order valence-corrected chi connectivity index (χ3v) is 2.73. The predicted octanol–water partition coefficient (Wildman–Crippen LogP) is 2.02. The molecule has 0 aliphatic heterocycles. The molecule has 2 N–H and O–H groups in total. The van der Waals surface area contributed by atoms with Crippen molar-refractivity contribution < 1.29 is 19.8 Å². The first-order chi connectivity index (χ1) is 7.90. The summed E-state index contributed by atoms with van der Waals surface area (Å²) >= 11 is 0. The smallest absolute Gasteiger partial charge is 0.307 e. The summed E-state index contributed by atoms with van der Waals surface area (Å²) in [5, 5.41) is 17.6. The Hall–Kier alpha value is -1.84. The van der Waals surface area contributed by atoms with Gasteiger partial charge in [-0.3, -0.25) is 9.59 Å². The minimum atomic E-state index is -1.08. The van der Waals surface area contributed by atoms with Crippen LogP contribution in [0.5, 0.6) is 0 Å². The lowest BCUT2D eigenvalue weighted by atomic mass is 9.93. The molecule has 0 aromatic heterocycles. The average molecular weight is 236 g/mol. The van der Waals surface area contributed by atoms with Crippen LogP contribution < -0.4 is 0 Å². The number of aliphatic carboxylic acids is 2. The predicted molar refractivity (Wildman–Crippen MR) is 63.0 cm³/mol. The van der Waals surface area contributed by atoms with Gasteiger partial charge in [0.1, 0.15) is 0 Å². The van der Waals surface area contributed by atoms with Crippen LogP contribution in [0.2, 0.25) is 0 Å². The fourth-order valence-corrected chi connectivity index (χ4v) is 1.80. The number of rotatable bonds is 5. The Bertz CT molecular complexity index is 437. The van der Waals surface area contributed by atoms with E-state index in [1.165, 1.54) is 0 Å². The van der Waals surface area contributed by atoms with Gasteiger partial charge in [-0.05, 0) is 31.4 Å². The molecule has 1 atom stereocenters. The van der Waals surface area contributed by atoms with Crippen LogP contribution in [0.15, 0.2) is 18.2 Å². The van der Waals surface area contributed by atoms with Crippen molar-refractivity contribution in [1.29, 1.82) is 0 Å². The Balaban J connectivity index is 2.86. The summed E-state index contributed by atoms with van der Waals surface area (Å²) in [4.78, 5) is 21.5. The van der Waals surface area contributed by atoms with Gasteiger partial charge in [-0.1, -0.05) is 23.8 Å². The van der Waals surface area contributed by atoms with Crippen LogP contribution in [0.1, 0.15) is 23.1 Å². The van der Waals surface area contributed by atoms with Gasteiger partial charge < -0.3 is 10.2 Å².